The van der Waals surface area contributed by atoms with E-state index in [0.29, 0.717) is 0 Å². The number of hydrogen-bond acceptors (Lipinski definition) is 4. The zero-order valence-corrected chi connectivity index (χ0v) is 17.4. The minimum Gasteiger partial charge on any atom is -0.361 e. The molecular formula is C20H18ClF3N4OS. The second-order valence-corrected chi connectivity index (χ2v) is 8.42. The molecule has 1 aromatic carbocycles. The number of nitrogens with zero attached hydrogens (tertiary/aromatic N) is 2. The van der Waals surface area contributed by atoms with Crippen LogP contribution in [-0.4, -0.2) is 21.9 Å². The van der Waals surface area contributed by atoms with E-state index in [0.717, 1.165) is 15.1 Å². The predicted molar refractivity (Wildman–Crippen MR) is 110 cm³/mol. The zero-order chi connectivity index (χ0) is 21.5. The summed E-state index contributed by atoms with van der Waals surface area (Å²) < 4.78 is 42.1. The molecule has 0 saturated heterocycles. The molecule has 0 unspecified atom stereocenters. The molecule has 0 spiro atoms. The van der Waals surface area contributed by atoms with E-state index in [9.17, 15) is 18.0 Å². The number of fused-ring (bicyclic) bond motifs is 1. The molecule has 0 bridgehead atoms. The van der Waals surface area contributed by atoms with Crippen molar-refractivity contribution in [3.05, 3.63) is 69.0 Å². The lowest BCUT2D eigenvalue weighted by Gasteiger charge is -2.32. The van der Waals surface area contributed by atoms with Gasteiger partial charge < -0.3 is 10.6 Å². The van der Waals surface area contributed by atoms with Crippen LogP contribution in [0.15, 0.2) is 47.8 Å². The number of thiophene rings is 1. The number of benzene rings is 1. The summed E-state index contributed by atoms with van der Waals surface area (Å²) in [7, 11) is 0. The van der Waals surface area contributed by atoms with Gasteiger partial charge in [-0.25, -0.2) is 4.68 Å². The summed E-state index contributed by atoms with van der Waals surface area (Å²) in [5.74, 6) is -0.630. The molecule has 0 aliphatic carbocycles. The topological polar surface area (TPSA) is 59.0 Å². The van der Waals surface area contributed by atoms with E-state index in [1.165, 1.54) is 11.3 Å². The Balaban J connectivity index is 1.65. The number of aromatic nitrogens is 2. The Kier molecular flexibility index (Phi) is 5.50. The second kappa shape index (κ2) is 7.96. The van der Waals surface area contributed by atoms with E-state index >= 15 is 0 Å². The van der Waals surface area contributed by atoms with Gasteiger partial charge in [0.2, 0.25) is 0 Å². The SMILES string of the molecule is C[C@H](NC(=O)c1nn2c(c1Cl)N[C@H](c1cccs1)C[C@H]2C(F)(F)F)c1ccccc1. The lowest BCUT2D eigenvalue weighted by Crippen LogP contribution is -2.35. The molecule has 3 heterocycles. The minimum absolute atomic E-state index is 0.00107. The molecule has 10 heteroatoms. The minimum atomic E-state index is -4.53. The largest absolute Gasteiger partial charge is 0.410 e. The predicted octanol–water partition coefficient (Wildman–Crippen LogP) is 5.75. The van der Waals surface area contributed by atoms with Crippen molar-refractivity contribution in [2.75, 3.05) is 5.32 Å². The van der Waals surface area contributed by atoms with Gasteiger partial charge in [-0.05, 0) is 23.9 Å². The van der Waals surface area contributed by atoms with Gasteiger partial charge >= 0.3 is 6.18 Å². The molecule has 1 amide bonds. The summed E-state index contributed by atoms with van der Waals surface area (Å²) in [5.41, 5.74) is 0.623. The van der Waals surface area contributed by atoms with Gasteiger partial charge in [-0.3, -0.25) is 4.79 Å². The number of carbonyl (C=O) groups is 1. The first-order valence-electron chi connectivity index (χ1n) is 9.26. The monoisotopic (exact) mass is 454 g/mol. The third-order valence-electron chi connectivity index (χ3n) is 5.04. The number of alkyl halides is 3. The van der Waals surface area contributed by atoms with Crippen molar-refractivity contribution >= 4 is 34.7 Å². The molecule has 4 rings (SSSR count). The lowest BCUT2D eigenvalue weighted by atomic mass is 10.0. The Bertz CT molecular complexity index is 1040. The summed E-state index contributed by atoms with van der Waals surface area (Å²) in [6, 6.07) is 9.95. The van der Waals surface area contributed by atoms with Crippen molar-refractivity contribution in [2.45, 2.75) is 37.6 Å². The number of hydrogen-bond donors (Lipinski definition) is 2. The highest BCUT2D eigenvalue weighted by Gasteiger charge is 2.48. The molecule has 3 aromatic rings. The normalized spacial score (nSPS) is 19.6. The molecule has 1 aliphatic heterocycles. The van der Waals surface area contributed by atoms with E-state index in [-0.39, 0.29) is 29.0 Å². The fourth-order valence-electron chi connectivity index (χ4n) is 3.50. The number of nitrogens with one attached hydrogen (secondary N) is 2. The van der Waals surface area contributed by atoms with Gasteiger partial charge in [0.15, 0.2) is 11.7 Å². The Labute approximate surface area is 179 Å². The van der Waals surface area contributed by atoms with Crippen LogP contribution in [0.4, 0.5) is 19.0 Å². The average Bonchev–Trinajstić information content (AvgIpc) is 3.36. The van der Waals surface area contributed by atoms with Crippen LogP contribution in [0.1, 0.15) is 52.4 Å². The van der Waals surface area contributed by atoms with Crippen LogP contribution in [-0.2, 0) is 0 Å². The van der Waals surface area contributed by atoms with Crippen molar-refractivity contribution in [1.82, 2.24) is 15.1 Å². The molecule has 0 radical (unpaired) electrons. The van der Waals surface area contributed by atoms with Gasteiger partial charge in [-0.2, -0.15) is 18.3 Å². The highest BCUT2D eigenvalue weighted by molar-refractivity contribution is 7.10. The summed E-state index contributed by atoms with van der Waals surface area (Å²) in [4.78, 5) is 13.5. The van der Waals surface area contributed by atoms with Gasteiger partial charge in [0.05, 0.1) is 12.1 Å². The maximum Gasteiger partial charge on any atom is 0.410 e. The lowest BCUT2D eigenvalue weighted by molar-refractivity contribution is -0.173. The van der Waals surface area contributed by atoms with E-state index in [1.807, 2.05) is 30.3 Å². The highest BCUT2D eigenvalue weighted by Crippen LogP contribution is 2.46. The smallest absolute Gasteiger partial charge is 0.361 e. The van der Waals surface area contributed by atoms with Gasteiger partial charge in [-0.15, -0.1) is 11.3 Å². The molecule has 2 aromatic heterocycles. The average molecular weight is 455 g/mol. The van der Waals surface area contributed by atoms with Crippen LogP contribution in [0.25, 0.3) is 0 Å². The molecule has 3 atom stereocenters. The quantitative estimate of drug-likeness (QED) is 0.527. The first-order valence-corrected chi connectivity index (χ1v) is 10.5. The van der Waals surface area contributed by atoms with Gasteiger partial charge in [0.1, 0.15) is 10.8 Å². The Hall–Kier alpha value is -2.52. The number of anilines is 1. The molecular weight excluding hydrogens is 437 g/mol. The molecule has 1 aliphatic rings. The number of halogens is 4. The molecule has 0 saturated carbocycles. The van der Waals surface area contributed by atoms with Crippen molar-refractivity contribution in [3.8, 4) is 0 Å². The summed E-state index contributed by atoms with van der Waals surface area (Å²) in [6.07, 6.45) is -4.77. The van der Waals surface area contributed by atoms with Crippen molar-refractivity contribution in [1.29, 1.82) is 0 Å². The van der Waals surface area contributed by atoms with Crippen LogP contribution in [0.3, 0.4) is 0 Å². The Morgan fingerprint density at radius 2 is 2.03 bits per heavy atom. The van der Waals surface area contributed by atoms with E-state index < -0.39 is 24.2 Å². The fraction of sp³-hybridized carbons (Fsp3) is 0.300. The Morgan fingerprint density at radius 3 is 2.67 bits per heavy atom. The Morgan fingerprint density at radius 1 is 1.30 bits per heavy atom. The molecule has 0 fully saturated rings. The van der Waals surface area contributed by atoms with Gasteiger partial charge in [-0.1, -0.05) is 48.0 Å². The summed E-state index contributed by atoms with van der Waals surface area (Å²) in [5, 5.41) is 11.4. The van der Waals surface area contributed by atoms with Crippen LogP contribution < -0.4 is 10.6 Å². The number of carbonyl (C=O) groups excluding carboxylic acids is 1. The van der Waals surface area contributed by atoms with Crippen molar-refractivity contribution in [2.24, 2.45) is 0 Å². The van der Waals surface area contributed by atoms with E-state index in [1.54, 1.807) is 24.4 Å². The molecule has 5 nitrogen and oxygen atoms in total. The maximum atomic E-state index is 13.8. The highest BCUT2D eigenvalue weighted by atomic mass is 35.5. The van der Waals surface area contributed by atoms with Crippen molar-refractivity contribution < 1.29 is 18.0 Å². The molecule has 30 heavy (non-hydrogen) atoms. The fourth-order valence-corrected chi connectivity index (χ4v) is 4.56. The third-order valence-corrected chi connectivity index (χ3v) is 6.39. The van der Waals surface area contributed by atoms with Crippen molar-refractivity contribution in [3.63, 3.8) is 0 Å². The number of amides is 1. The molecule has 2 N–H and O–H groups in total. The van der Waals surface area contributed by atoms with Gasteiger partial charge in [0, 0.05) is 11.3 Å². The first kappa shape index (κ1) is 20.7. The zero-order valence-electron chi connectivity index (χ0n) is 15.8. The van der Waals surface area contributed by atoms with Crippen LogP contribution in [0.2, 0.25) is 5.02 Å². The second-order valence-electron chi connectivity index (χ2n) is 7.07. The first-order chi connectivity index (χ1) is 14.3. The maximum absolute atomic E-state index is 13.8. The van der Waals surface area contributed by atoms with Crippen LogP contribution >= 0.6 is 22.9 Å². The van der Waals surface area contributed by atoms with Gasteiger partial charge in [0.25, 0.3) is 5.91 Å². The summed E-state index contributed by atoms with van der Waals surface area (Å²) in [6.45, 7) is 1.78. The van der Waals surface area contributed by atoms with E-state index in [4.69, 9.17) is 11.6 Å². The van der Waals surface area contributed by atoms with Crippen LogP contribution in [0.5, 0.6) is 0 Å². The summed E-state index contributed by atoms with van der Waals surface area (Å²) >= 11 is 7.70. The standard InChI is InChI=1S/C20H18ClF3N4OS/c1-11(12-6-3-2-4-7-12)25-19(29)17-16(21)18-26-13(14-8-5-9-30-14)10-15(20(22,23)24)28(18)27-17/h2-9,11,13,15,26H,10H2,1H3,(H,25,29)/t11-,13-,15-/m0/s1. The van der Waals surface area contributed by atoms with E-state index in [2.05, 4.69) is 15.7 Å². The van der Waals surface area contributed by atoms with Crippen LogP contribution in [0, 0.1) is 0 Å². The molecule has 158 valence electrons. The number of rotatable bonds is 4. The third kappa shape index (κ3) is 3.91.